The molecule has 2 aromatic rings. The fourth-order valence-electron chi connectivity index (χ4n) is 2.27. The van der Waals surface area contributed by atoms with Crippen LogP contribution in [0.5, 0.6) is 5.75 Å². The number of fused-ring (bicyclic) bond motifs is 1. The molecule has 2 heterocycles. The van der Waals surface area contributed by atoms with E-state index < -0.39 is 0 Å². The van der Waals surface area contributed by atoms with Gasteiger partial charge in [0.2, 0.25) is 0 Å². The molecule has 0 amide bonds. The zero-order chi connectivity index (χ0) is 12.4. The predicted octanol–water partition coefficient (Wildman–Crippen LogP) is 2.96. The highest BCUT2D eigenvalue weighted by Gasteiger charge is 2.18. The summed E-state index contributed by atoms with van der Waals surface area (Å²) in [5.41, 5.74) is 0. The smallest absolute Gasteiger partial charge is 0.136 e. The topological polar surface area (TPSA) is 30.5 Å². The molecular weight excluding hydrogens is 246 g/mol. The molecule has 1 aromatic carbocycles. The fraction of sp³-hybridized carbons (Fsp3) is 0.429. The Labute approximate surface area is 111 Å². The van der Waals surface area contributed by atoms with E-state index in [1.807, 2.05) is 12.1 Å². The molecule has 1 aliphatic heterocycles. The van der Waals surface area contributed by atoms with Crippen LogP contribution in [0.2, 0.25) is 0 Å². The normalized spacial score (nSPS) is 20.8. The van der Waals surface area contributed by atoms with Crippen LogP contribution in [0.4, 0.5) is 0 Å². The van der Waals surface area contributed by atoms with E-state index in [0.717, 1.165) is 31.9 Å². The van der Waals surface area contributed by atoms with Gasteiger partial charge >= 0.3 is 0 Å². The second kappa shape index (κ2) is 5.26. The summed E-state index contributed by atoms with van der Waals surface area (Å²) in [6, 6.07) is 8.39. The van der Waals surface area contributed by atoms with Crippen molar-refractivity contribution in [1.82, 2.24) is 5.32 Å². The number of thiophene rings is 1. The van der Waals surface area contributed by atoms with E-state index >= 15 is 0 Å². The Morgan fingerprint density at radius 2 is 2.39 bits per heavy atom. The van der Waals surface area contributed by atoms with Crippen LogP contribution in [0.15, 0.2) is 24.3 Å². The van der Waals surface area contributed by atoms with E-state index in [1.165, 1.54) is 15.0 Å². The predicted molar refractivity (Wildman–Crippen MR) is 74.6 cm³/mol. The van der Waals surface area contributed by atoms with E-state index in [0.29, 0.717) is 0 Å². The van der Waals surface area contributed by atoms with E-state index in [1.54, 1.807) is 18.4 Å². The lowest BCUT2D eigenvalue weighted by Gasteiger charge is -2.12. The highest BCUT2D eigenvalue weighted by Crippen LogP contribution is 2.37. The highest BCUT2D eigenvalue weighted by atomic mass is 32.1. The summed E-state index contributed by atoms with van der Waals surface area (Å²) < 4.78 is 12.5. The molecule has 0 spiro atoms. The Balaban J connectivity index is 1.96. The lowest BCUT2D eigenvalue weighted by molar-refractivity contribution is 0.0694. The summed E-state index contributed by atoms with van der Waals surface area (Å²) in [4.78, 5) is 1.28. The van der Waals surface area contributed by atoms with Gasteiger partial charge in [-0.15, -0.1) is 11.3 Å². The number of ether oxygens (including phenoxy) is 2. The second-order valence-electron chi connectivity index (χ2n) is 4.44. The molecule has 1 unspecified atom stereocenters. The first-order chi connectivity index (χ1) is 8.88. The van der Waals surface area contributed by atoms with Gasteiger partial charge in [0.05, 0.1) is 11.8 Å². The average Bonchev–Trinajstić information content (AvgIpc) is 2.65. The number of rotatable bonds is 2. The lowest BCUT2D eigenvalue weighted by atomic mass is 10.2. The lowest BCUT2D eigenvalue weighted by Crippen LogP contribution is -2.19. The molecule has 18 heavy (non-hydrogen) atoms. The minimum Gasteiger partial charge on any atom is -0.495 e. The van der Waals surface area contributed by atoms with Crippen LogP contribution in [-0.2, 0) is 4.74 Å². The number of benzene rings is 1. The van der Waals surface area contributed by atoms with Gasteiger partial charge in [0.25, 0.3) is 0 Å². The van der Waals surface area contributed by atoms with Crippen LogP contribution >= 0.6 is 11.3 Å². The van der Waals surface area contributed by atoms with Crippen LogP contribution in [0.25, 0.3) is 10.1 Å². The molecule has 1 aromatic heterocycles. The van der Waals surface area contributed by atoms with E-state index in [9.17, 15) is 0 Å². The summed E-state index contributed by atoms with van der Waals surface area (Å²) in [5, 5.41) is 4.66. The van der Waals surface area contributed by atoms with Gasteiger partial charge in [0.15, 0.2) is 0 Å². The van der Waals surface area contributed by atoms with E-state index in [4.69, 9.17) is 9.47 Å². The molecule has 1 aliphatic rings. The molecule has 1 fully saturated rings. The van der Waals surface area contributed by atoms with Gasteiger partial charge in [-0.3, -0.25) is 0 Å². The maximum Gasteiger partial charge on any atom is 0.136 e. The van der Waals surface area contributed by atoms with Gasteiger partial charge in [-0.2, -0.15) is 0 Å². The van der Waals surface area contributed by atoms with Crippen LogP contribution in [0.3, 0.4) is 0 Å². The van der Waals surface area contributed by atoms with Crippen molar-refractivity contribution in [3.8, 4) is 5.75 Å². The zero-order valence-electron chi connectivity index (χ0n) is 10.4. The Morgan fingerprint density at radius 1 is 1.44 bits per heavy atom. The molecule has 1 N–H and O–H groups in total. The molecular formula is C14H17NO2S. The molecule has 0 bridgehead atoms. The van der Waals surface area contributed by atoms with Gasteiger partial charge in [-0.05, 0) is 30.5 Å². The molecule has 1 atom stereocenters. The molecule has 3 rings (SSSR count). The average molecular weight is 263 g/mol. The second-order valence-corrected chi connectivity index (χ2v) is 5.53. The van der Waals surface area contributed by atoms with E-state index in [-0.39, 0.29) is 6.10 Å². The van der Waals surface area contributed by atoms with Crippen molar-refractivity contribution in [2.45, 2.75) is 12.5 Å². The van der Waals surface area contributed by atoms with Gasteiger partial charge in [-0.25, -0.2) is 0 Å². The van der Waals surface area contributed by atoms with Crippen molar-refractivity contribution in [3.63, 3.8) is 0 Å². The molecule has 0 saturated carbocycles. The van der Waals surface area contributed by atoms with Crippen LogP contribution in [-0.4, -0.2) is 26.8 Å². The summed E-state index contributed by atoms with van der Waals surface area (Å²) in [7, 11) is 1.72. The first-order valence-electron chi connectivity index (χ1n) is 6.27. The number of nitrogens with one attached hydrogen (secondary N) is 1. The third-order valence-corrected chi connectivity index (χ3v) is 4.47. The third kappa shape index (κ3) is 2.23. The summed E-state index contributed by atoms with van der Waals surface area (Å²) in [6.45, 7) is 2.78. The molecule has 1 saturated heterocycles. The monoisotopic (exact) mass is 263 g/mol. The summed E-state index contributed by atoms with van der Waals surface area (Å²) >= 11 is 1.77. The van der Waals surface area contributed by atoms with Gasteiger partial charge in [0, 0.05) is 18.0 Å². The Hall–Kier alpha value is -1.10. The van der Waals surface area contributed by atoms with Crippen molar-refractivity contribution in [2.24, 2.45) is 0 Å². The highest BCUT2D eigenvalue weighted by molar-refractivity contribution is 7.19. The zero-order valence-corrected chi connectivity index (χ0v) is 11.3. The number of hydrogen-bond donors (Lipinski definition) is 1. The number of hydrogen-bond acceptors (Lipinski definition) is 4. The van der Waals surface area contributed by atoms with Crippen molar-refractivity contribution in [2.75, 3.05) is 26.8 Å². The first-order valence-corrected chi connectivity index (χ1v) is 7.09. The van der Waals surface area contributed by atoms with Crippen LogP contribution < -0.4 is 10.1 Å². The quantitative estimate of drug-likeness (QED) is 0.903. The van der Waals surface area contributed by atoms with Crippen molar-refractivity contribution < 1.29 is 9.47 Å². The molecule has 96 valence electrons. The van der Waals surface area contributed by atoms with Crippen molar-refractivity contribution in [3.05, 3.63) is 29.1 Å². The molecule has 4 heteroatoms. The largest absolute Gasteiger partial charge is 0.495 e. The van der Waals surface area contributed by atoms with Crippen LogP contribution in [0.1, 0.15) is 17.4 Å². The number of methoxy groups -OCH3 is 1. The minimum atomic E-state index is 0.176. The summed E-state index contributed by atoms with van der Waals surface area (Å²) in [5.74, 6) is 0.949. The van der Waals surface area contributed by atoms with Crippen LogP contribution in [0, 0.1) is 0 Å². The standard InChI is InChI=1S/C14H17NO2S/c1-16-11-5-2-4-10-8-13(18-14(10)11)12-9-15-6-3-7-17-12/h2,4-5,8,12,15H,3,6-7,9H2,1H3. The molecule has 0 aliphatic carbocycles. The fourth-order valence-corrected chi connectivity index (χ4v) is 3.47. The van der Waals surface area contributed by atoms with Gasteiger partial charge < -0.3 is 14.8 Å². The Kier molecular flexibility index (Phi) is 3.50. The van der Waals surface area contributed by atoms with Crippen molar-refractivity contribution in [1.29, 1.82) is 0 Å². The maximum absolute atomic E-state index is 5.90. The molecule has 0 radical (unpaired) electrons. The molecule has 3 nitrogen and oxygen atoms in total. The van der Waals surface area contributed by atoms with Gasteiger partial charge in [-0.1, -0.05) is 12.1 Å². The maximum atomic E-state index is 5.90. The van der Waals surface area contributed by atoms with Crippen molar-refractivity contribution >= 4 is 21.4 Å². The summed E-state index contributed by atoms with van der Waals surface area (Å²) in [6.07, 6.45) is 1.26. The third-order valence-electron chi connectivity index (χ3n) is 3.21. The minimum absolute atomic E-state index is 0.176. The Morgan fingerprint density at radius 3 is 3.28 bits per heavy atom. The Bertz CT molecular complexity index is 530. The SMILES string of the molecule is COc1cccc2cc(C3CNCCCO3)sc12. The van der Waals surface area contributed by atoms with Gasteiger partial charge in [0.1, 0.15) is 11.9 Å². The van der Waals surface area contributed by atoms with E-state index in [2.05, 4.69) is 17.4 Å². The first kappa shape index (κ1) is 12.0.